The van der Waals surface area contributed by atoms with Gasteiger partial charge in [0.05, 0.1) is 13.2 Å². The van der Waals surface area contributed by atoms with Gasteiger partial charge in [-0.05, 0) is 23.9 Å². The lowest BCUT2D eigenvalue weighted by molar-refractivity contribution is 0.419. The Morgan fingerprint density at radius 2 is 1.88 bits per heavy atom. The summed E-state index contributed by atoms with van der Waals surface area (Å²) in [7, 11) is 1.65. The predicted molar refractivity (Wildman–Crippen MR) is 67.0 cm³/mol. The second kappa shape index (κ2) is 4.81. The summed E-state index contributed by atoms with van der Waals surface area (Å²) in [4.78, 5) is 14.1. The molecule has 0 aromatic heterocycles. The number of methoxy groups -OCH3 is 1. The second-order valence-electron chi connectivity index (χ2n) is 3.80. The van der Waals surface area contributed by atoms with Crippen LogP contribution in [0, 0.1) is 0 Å². The molecule has 0 aliphatic rings. The van der Waals surface area contributed by atoms with Crippen LogP contribution < -0.4 is 4.74 Å². The first-order chi connectivity index (χ1) is 8.27. The van der Waals surface area contributed by atoms with Crippen LogP contribution in [0.2, 0.25) is 0 Å². The standard InChI is InChI=1S/C14H13NO2/c1-10(15-9-16)11-7-8-14(17-2)13-6-4-3-5-12(11)13/h3-8,10H,1-2H3. The average Bonchev–Trinajstić information content (AvgIpc) is 2.37. The molecular formula is C14H13NO2. The highest BCUT2D eigenvalue weighted by molar-refractivity contribution is 5.91. The Morgan fingerprint density at radius 1 is 1.18 bits per heavy atom. The predicted octanol–water partition coefficient (Wildman–Crippen LogP) is 3.25. The van der Waals surface area contributed by atoms with Crippen LogP contribution in [0.15, 0.2) is 41.4 Å². The van der Waals surface area contributed by atoms with Crippen molar-refractivity contribution in [2.24, 2.45) is 4.99 Å². The van der Waals surface area contributed by atoms with Gasteiger partial charge in [-0.2, -0.15) is 4.99 Å². The SMILES string of the molecule is COc1ccc(C(C)N=C=O)c2ccccc12. The minimum atomic E-state index is -0.191. The Kier molecular flexibility index (Phi) is 3.22. The van der Waals surface area contributed by atoms with Crippen LogP contribution in [0.5, 0.6) is 5.75 Å². The van der Waals surface area contributed by atoms with E-state index in [1.165, 1.54) is 0 Å². The number of isocyanates is 1. The summed E-state index contributed by atoms with van der Waals surface area (Å²) in [5.41, 5.74) is 1.00. The van der Waals surface area contributed by atoms with Gasteiger partial charge in [-0.15, -0.1) is 0 Å². The molecule has 0 aliphatic heterocycles. The van der Waals surface area contributed by atoms with E-state index in [0.717, 1.165) is 22.1 Å². The van der Waals surface area contributed by atoms with Gasteiger partial charge in [0.25, 0.3) is 0 Å². The second-order valence-corrected chi connectivity index (χ2v) is 3.80. The van der Waals surface area contributed by atoms with Crippen molar-refractivity contribution < 1.29 is 9.53 Å². The number of ether oxygens (including phenoxy) is 1. The van der Waals surface area contributed by atoms with Crippen LogP contribution in [-0.4, -0.2) is 13.2 Å². The van der Waals surface area contributed by atoms with Crippen molar-refractivity contribution >= 4 is 16.9 Å². The molecule has 2 aromatic carbocycles. The van der Waals surface area contributed by atoms with Gasteiger partial charge in [0, 0.05) is 5.39 Å². The largest absolute Gasteiger partial charge is 0.496 e. The fourth-order valence-corrected chi connectivity index (χ4v) is 1.99. The maximum Gasteiger partial charge on any atom is 0.235 e. The summed E-state index contributed by atoms with van der Waals surface area (Å²) in [5.74, 6) is 0.826. The van der Waals surface area contributed by atoms with Gasteiger partial charge in [-0.3, -0.25) is 0 Å². The maximum atomic E-state index is 10.3. The molecule has 3 heteroatoms. The number of fused-ring (bicyclic) bond motifs is 1. The molecular weight excluding hydrogens is 214 g/mol. The number of rotatable bonds is 3. The van der Waals surface area contributed by atoms with E-state index in [-0.39, 0.29) is 6.04 Å². The van der Waals surface area contributed by atoms with E-state index < -0.39 is 0 Å². The van der Waals surface area contributed by atoms with Gasteiger partial charge >= 0.3 is 0 Å². The molecule has 0 saturated heterocycles. The molecule has 0 radical (unpaired) electrons. The Labute approximate surface area is 99.7 Å². The third-order valence-electron chi connectivity index (χ3n) is 2.83. The third kappa shape index (κ3) is 2.05. The number of carbonyl (C=O) groups excluding carboxylic acids is 1. The van der Waals surface area contributed by atoms with Crippen LogP contribution in [-0.2, 0) is 4.79 Å². The van der Waals surface area contributed by atoms with E-state index >= 15 is 0 Å². The van der Waals surface area contributed by atoms with Gasteiger partial charge in [0.15, 0.2) is 0 Å². The highest BCUT2D eigenvalue weighted by Crippen LogP contribution is 2.32. The van der Waals surface area contributed by atoms with E-state index in [9.17, 15) is 4.79 Å². The highest BCUT2D eigenvalue weighted by Gasteiger charge is 2.10. The van der Waals surface area contributed by atoms with Crippen molar-refractivity contribution in [3.05, 3.63) is 42.0 Å². The molecule has 0 heterocycles. The van der Waals surface area contributed by atoms with Gasteiger partial charge in [0.2, 0.25) is 6.08 Å². The Bertz CT molecular complexity index is 586. The minimum Gasteiger partial charge on any atom is -0.496 e. The van der Waals surface area contributed by atoms with Crippen LogP contribution in [0.3, 0.4) is 0 Å². The van der Waals surface area contributed by atoms with Crippen molar-refractivity contribution in [3.63, 3.8) is 0 Å². The van der Waals surface area contributed by atoms with Crippen LogP contribution >= 0.6 is 0 Å². The van der Waals surface area contributed by atoms with E-state index in [4.69, 9.17) is 4.74 Å². The van der Waals surface area contributed by atoms with Crippen molar-refractivity contribution in [1.29, 1.82) is 0 Å². The normalized spacial score (nSPS) is 11.9. The van der Waals surface area contributed by atoms with E-state index in [0.29, 0.717) is 0 Å². The van der Waals surface area contributed by atoms with E-state index in [1.54, 1.807) is 13.2 Å². The fraction of sp³-hybridized carbons (Fsp3) is 0.214. The molecule has 0 fully saturated rings. The Hall–Kier alpha value is -2.12. The first kappa shape index (κ1) is 11.4. The van der Waals surface area contributed by atoms with Crippen LogP contribution in [0.25, 0.3) is 10.8 Å². The Balaban J connectivity index is 2.70. The average molecular weight is 227 g/mol. The third-order valence-corrected chi connectivity index (χ3v) is 2.83. The molecule has 3 nitrogen and oxygen atoms in total. The monoisotopic (exact) mass is 227 g/mol. The Morgan fingerprint density at radius 3 is 2.53 bits per heavy atom. The molecule has 2 aromatic rings. The molecule has 86 valence electrons. The lowest BCUT2D eigenvalue weighted by atomic mass is 9.99. The number of aliphatic imine (C=N–C) groups is 1. The molecule has 1 unspecified atom stereocenters. The highest BCUT2D eigenvalue weighted by atomic mass is 16.5. The summed E-state index contributed by atoms with van der Waals surface area (Å²) in [6.07, 6.45) is 1.60. The maximum absolute atomic E-state index is 10.3. The zero-order chi connectivity index (χ0) is 12.3. The fourth-order valence-electron chi connectivity index (χ4n) is 1.99. The summed E-state index contributed by atoms with van der Waals surface area (Å²) in [6, 6.07) is 11.6. The minimum absolute atomic E-state index is 0.191. The van der Waals surface area contributed by atoms with Crippen molar-refractivity contribution in [2.45, 2.75) is 13.0 Å². The summed E-state index contributed by atoms with van der Waals surface area (Å²) < 4.78 is 5.31. The zero-order valence-corrected chi connectivity index (χ0v) is 9.81. The van der Waals surface area contributed by atoms with Crippen molar-refractivity contribution in [1.82, 2.24) is 0 Å². The van der Waals surface area contributed by atoms with E-state index in [2.05, 4.69) is 4.99 Å². The van der Waals surface area contributed by atoms with Crippen molar-refractivity contribution in [3.8, 4) is 5.75 Å². The number of hydrogen-bond donors (Lipinski definition) is 0. The molecule has 0 aliphatic carbocycles. The molecule has 1 atom stereocenters. The number of benzene rings is 2. The first-order valence-electron chi connectivity index (χ1n) is 5.40. The van der Waals surface area contributed by atoms with Gasteiger partial charge in [-0.25, -0.2) is 4.79 Å². The quantitative estimate of drug-likeness (QED) is 0.596. The van der Waals surface area contributed by atoms with Crippen molar-refractivity contribution in [2.75, 3.05) is 7.11 Å². The van der Waals surface area contributed by atoms with Gasteiger partial charge in [0.1, 0.15) is 5.75 Å². The summed E-state index contributed by atoms with van der Waals surface area (Å²) in [6.45, 7) is 1.87. The lowest BCUT2D eigenvalue weighted by Crippen LogP contribution is -1.93. The molecule has 0 spiro atoms. The topological polar surface area (TPSA) is 38.7 Å². The van der Waals surface area contributed by atoms with Gasteiger partial charge < -0.3 is 4.74 Å². The molecule has 17 heavy (non-hydrogen) atoms. The molecule has 0 bridgehead atoms. The van der Waals surface area contributed by atoms with Crippen LogP contribution in [0.1, 0.15) is 18.5 Å². The molecule has 0 saturated carbocycles. The number of nitrogens with zero attached hydrogens (tertiary/aromatic N) is 1. The number of hydrogen-bond acceptors (Lipinski definition) is 3. The van der Waals surface area contributed by atoms with Crippen LogP contribution in [0.4, 0.5) is 0 Å². The summed E-state index contributed by atoms with van der Waals surface area (Å²) in [5, 5.41) is 2.08. The zero-order valence-electron chi connectivity index (χ0n) is 9.81. The smallest absolute Gasteiger partial charge is 0.235 e. The van der Waals surface area contributed by atoms with Gasteiger partial charge in [-0.1, -0.05) is 30.3 Å². The molecule has 0 amide bonds. The molecule has 0 N–H and O–H groups in total. The first-order valence-corrected chi connectivity index (χ1v) is 5.40. The lowest BCUT2D eigenvalue weighted by Gasteiger charge is -2.12. The van der Waals surface area contributed by atoms with E-state index in [1.807, 2.05) is 43.3 Å². The molecule has 2 rings (SSSR count). The summed E-state index contributed by atoms with van der Waals surface area (Å²) >= 11 is 0.